The Morgan fingerprint density at radius 3 is 2.66 bits per heavy atom. The third kappa shape index (κ3) is 5.31. The SMILES string of the molecule is CCC(C)Cc1ccccc1C1(C=O)CC1c1ccc(C(=N)c2cccc(CN3CCOCC3)c2)c(N)c1. The summed E-state index contributed by atoms with van der Waals surface area (Å²) < 4.78 is 5.46. The number of nitrogens with zero attached hydrogens (tertiary/aromatic N) is 1. The number of nitrogen functional groups attached to an aromatic ring is 1. The van der Waals surface area contributed by atoms with E-state index in [1.165, 1.54) is 11.1 Å². The number of nitrogens with one attached hydrogen (secondary N) is 1. The van der Waals surface area contributed by atoms with E-state index in [1.807, 2.05) is 30.3 Å². The van der Waals surface area contributed by atoms with Gasteiger partial charge in [-0.25, -0.2) is 0 Å². The Morgan fingerprint density at radius 2 is 1.92 bits per heavy atom. The van der Waals surface area contributed by atoms with Crippen molar-refractivity contribution in [3.8, 4) is 0 Å². The van der Waals surface area contributed by atoms with E-state index >= 15 is 0 Å². The van der Waals surface area contributed by atoms with Crippen molar-refractivity contribution in [3.05, 3.63) is 100 Å². The maximum absolute atomic E-state index is 12.5. The highest BCUT2D eigenvalue weighted by molar-refractivity contribution is 6.13. The van der Waals surface area contributed by atoms with Gasteiger partial charge in [-0.2, -0.15) is 0 Å². The van der Waals surface area contributed by atoms with Crippen LogP contribution in [0.15, 0.2) is 66.7 Å². The van der Waals surface area contributed by atoms with Gasteiger partial charge in [0.2, 0.25) is 0 Å². The number of ether oxygens (including phenoxy) is 1. The number of anilines is 1. The van der Waals surface area contributed by atoms with E-state index in [0.717, 1.165) is 80.7 Å². The van der Waals surface area contributed by atoms with Crippen molar-refractivity contribution in [1.29, 1.82) is 5.41 Å². The molecular formula is C33H39N3O2. The summed E-state index contributed by atoms with van der Waals surface area (Å²) in [5.41, 5.74) is 13.4. The van der Waals surface area contributed by atoms with Crippen molar-refractivity contribution in [2.24, 2.45) is 5.92 Å². The first kappa shape index (κ1) is 26.3. The molecule has 3 atom stereocenters. The second kappa shape index (κ2) is 11.2. The van der Waals surface area contributed by atoms with Gasteiger partial charge in [0.15, 0.2) is 0 Å². The number of hydrogen-bond donors (Lipinski definition) is 2. The number of aldehydes is 1. The maximum atomic E-state index is 12.5. The highest BCUT2D eigenvalue weighted by Crippen LogP contribution is 2.60. The van der Waals surface area contributed by atoms with E-state index < -0.39 is 5.41 Å². The van der Waals surface area contributed by atoms with Crippen LogP contribution in [0, 0.1) is 11.3 Å². The van der Waals surface area contributed by atoms with Crippen LogP contribution in [-0.2, 0) is 27.9 Å². The predicted molar refractivity (Wildman–Crippen MR) is 154 cm³/mol. The second-order valence-corrected chi connectivity index (χ2v) is 11.1. The van der Waals surface area contributed by atoms with E-state index in [1.54, 1.807) is 0 Å². The topological polar surface area (TPSA) is 79.4 Å². The molecule has 5 nitrogen and oxygen atoms in total. The minimum Gasteiger partial charge on any atom is -0.398 e. The Kier molecular flexibility index (Phi) is 7.78. The van der Waals surface area contributed by atoms with Gasteiger partial charge in [-0.15, -0.1) is 0 Å². The van der Waals surface area contributed by atoms with Crippen molar-refractivity contribution in [3.63, 3.8) is 0 Å². The Bertz CT molecular complexity index is 1310. The largest absolute Gasteiger partial charge is 0.398 e. The van der Waals surface area contributed by atoms with Crippen LogP contribution in [0.25, 0.3) is 0 Å². The van der Waals surface area contributed by atoms with E-state index in [0.29, 0.717) is 17.3 Å². The van der Waals surface area contributed by atoms with Crippen LogP contribution < -0.4 is 5.73 Å². The molecule has 0 spiro atoms. The van der Waals surface area contributed by atoms with E-state index in [2.05, 4.69) is 55.1 Å². The Labute approximate surface area is 226 Å². The molecule has 1 aliphatic carbocycles. The van der Waals surface area contributed by atoms with Crippen LogP contribution >= 0.6 is 0 Å². The molecule has 5 heteroatoms. The fourth-order valence-corrected chi connectivity index (χ4v) is 5.88. The molecule has 2 aliphatic rings. The smallest absolute Gasteiger partial charge is 0.131 e. The molecule has 198 valence electrons. The molecule has 1 saturated heterocycles. The van der Waals surface area contributed by atoms with E-state index in [4.69, 9.17) is 15.9 Å². The molecule has 1 saturated carbocycles. The quantitative estimate of drug-likeness (QED) is 0.208. The van der Waals surface area contributed by atoms with Gasteiger partial charge in [0.05, 0.1) is 24.3 Å². The average molecular weight is 510 g/mol. The Morgan fingerprint density at radius 1 is 1.13 bits per heavy atom. The zero-order valence-corrected chi connectivity index (χ0v) is 22.6. The van der Waals surface area contributed by atoms with Gasteiger partial charge < -0.3 is 15.3 Å². The van der Waals surface area contributed by atoms with Crippen molar-refractivity contribution >= 4 is 17.7 Å². The molecule has 38 heavy (non-hydrogen) atoms. The number of benzene rings is 3. The minimum absolute atomic E-state index is 0.112. The summed E-state index contributed by atoms with van der Waals surface area (Å²) in [7, 11) is 0. The summed E-state index contributed by atoms with van der Waals surface area (Å²) >= 11 is 0. The molecule has 2 fully saturated rings. The van der Waals surface area contributed by atoms with Crippen LogP contribution in [0.4, 0.5) is 5.69 Å². The summed E-state index contributed by atoms with van der Waals surface area (Å²) in [5, 5.41) is 8.91. The number of carbonyl (C=O) groups is 1. The molecule has 1 heterocycles. The van der Waals surface area contributed by atoms with Gasteiger partial charge >= 0.3 is 0 Å². The summed E-state index contributed by atoms with van der Waals surface area (Å²) in [6.07, 6.45) is 4.05. The van der Waals surface area contributed by atoms with E-state index in [9.17, 15) is 4.79 Å². The van der Waals surface area contributed by atoms with Gasteiger partial charge in [0.1, 0.15) is 6.29 Å². The lowest BCUT2D eigenvalue weighted by atomic mass is 9.85. The van der Waals surface area contributed by atoms with E-state index in [-0.39, 0.29) is 5.92 Å². The molecule has 0 amide bonds. The van der Waals surface area contributed by atoms with Crippen LogP contribution in [0.1, 0.15) is 66.0 Å². The molecule has 5 rings (SSSR count). The standard InChI is InChI=1S/C33H39N3O2/c1-3-23(2)17-25-8-4-5-10-29(25)33(22-37)20-30(33)26-11-12-28(31(34)19-26)32(35)27-9-6-7-24(18-27)21-36-13-15-38-16-14-36/h4-12,18-19,22-23,30,35H,3,13-17,20-21,34H2,1-2H3. The molecule has 3 N–H and O–H groups in total. The third-order valence-corrected chi connectivity index (χ3v) is 8.47. The summed E-state index contributed by atoms with van der Waals surface area (Å²) in [6.45, 7) is 8.74. The predicted octanol–water partition coefficient (Wildman–Crippen LogP) is 5.73. The summed E-state index contributed by atoms with van der Waals surface area (Å²) in [4.78, 5) is 14.9. The van der Waals surface area contributed by atoms with Crippen molar-refractivity contribution < 1.29 is 9.53 Å². The molecule has 3 aromatic carbocycles. The van der Waals surface area contributed by atoms with Gasteiger partial charge in [-0.05, 0) is 53.1 Å². The van der Waals surface area contributed by atoms with Crippen LogP contribution in [0.3, 0.4) is 0 Å². The van der Waals surface area contributed by atoms with Crippen LogP contribution in [0.5, 0.6) is 0 Å². The number of rotatable bonds is 10. The Balaban J connectivity index is 1.35. The third-order valence-electron chi connectivity index (χ3n) is 8.47. The number of hydrogen-bond acceptors (Lipinski definition) is 5. The maximum Gasteiger partial charge on any atom is 0.131 e. The molecular weight excluding hydrogens is 470 g/mol. The minimum atomic E-state index is -0.487. The first-order chi connectivity index (χ1) is 18.4. The highest BCUT2D eigenvalue weighted by Gasteiger charge is 2.57. The lowest BCUT2D eigenvalue weighted by molar-refractivity contribution is -0.110. The van der Waals surface area contributed by atoms with Gasteiger partial charge in [0, 0.05) is 42.4 Å². The summed E-state index contributed by atoms with van der Waals surface area (Å²) in [6, 6.07) is 22.6. The first-order valence-corrected chi connectivity index (χ1v) is 13.9. The normalized spacial score (nSPS) is 22.1. The fourth-order valence-electron chi connectivity index (χ4n) is 5.88. The molecule has 1 aliphatic heterocycles. The number of nitrogens with two attached hydrogens (primary N) is 1. The van der Waals surface area contributed by atoms with Crippen LogP contribution in [-0.4, -0.2) is 43.2 Å². The lowest BCUT2D eigenvalue weighted by Crippen LogP contribution is -2.35. The second-order valence-electron chi connectivity index (χ2n) is 11.1. The average Bonchev–Trinajstić information content (AvgIpc) is 3.69. The van der Waals surface area contributed by atoms with Gasteiger partial charge in [-0.3, -0.25) is 10.3 Å². The molecule has 0 aromatic heterocycles. The zero-order valence-electron chi connectivity index (χ0n) is 22.6. The van der Waals surface area contributed by atoms with Gasteiger partial charge in [0.25, 0.3) is 0 Å². The highest BCUT2D eigenvalue weighted by atomic mass is 16.5. The van der Waals surface area contributed by atoms with Crippen molar-refractivity contribution in [2.75, 3.05) is 32.0 Å². The molecule has 3 unspecified atom stereocenters. The van der Waals surface area contributed by atoms with Crippen molar-refractivity contribution in [2.45, 2.75) is 51.0 Å². The molecule has 0 bridgehead atoms. The Hall–Kier alpha value is -3.28. The first-order valence-electron chi connectivity index (χ1n) is 13.9. The fraction of sp³-hybridized carbons (Fsp3) is 0.394. The van der Waals surface area contributed by atoms with Gasteiger partial charge in [-0.1, -0.05) is 74.9 Å². The number of morpholine rings is 1. The number of carbonyl (C=O) groups excluding carboxylic acids is 1. The summed E-state index contributed by atoms with van der Waals surface area (Å²) in [5.74, 6) is 0.686. The zero-order chi connectivity index (χ0) is 26.7. The van der Waals surface area contributed by atoms with Crippen molar-refractivity contribution in [1.82, 2.24) is 4.90 Å². The molecule has 3 aromatic rings. The monoisotopic (exact) mass is 509 g/mol. The molecule has 0 radical (unpaired) electrons. The lowest BCUT2D eigenvalue weighted by Gasteiger charge is -2.26. The van der Waals surface area contributed by atoms with Crippen LogP contribution in [0.2, 0.25) is 0 Å².